The molecule has 0 aliphatic carbocycles. The first kappa shape index (κ1) is 19.3. The van der Waals surface area contributed by atoms with E-state index >= 15 is 0 Å². The topological polar surface area (TPSA) is 94.6 Å². The predicted octanol–water partition coefficient (Wildman–Crippen LogP) is 3.39. The first-order valence-corrected chi connectivity index (χ1v) is 8.48. The van der Waals surface area contributed by atoms with Crippen molar-refractivity contribution in [3.05, 3.63) is 59.7 Å². The summed E-state index contributed by atoms with van der Waals surface area (Å²) in [5, 5.41) is 7.34. The number of unbranched alkanes of at least 4 members (excludes halogenated alkanes) is 2. The Hall–Kier alpha value is -3.02. The molecule has 2 aromatic rings. The fraction of sp³-hybridized carbons (Fsp3) is 0.300. The second-order valence-electron chi connectivity index (χ2n) is 5.71. The third-order valence-electron chi connectivity index (χ3n) is 3.77. The number of nitrogens with two attached hydrogens (primary N) is 1. The van der Waals surface area contributed by atoms with Gasteiger partial charge in [-0.2, -0.15) is 0 Å². The van der Waals surface area contributed by atoms with Crippen molar-refractivity contribution in [1.29, 1.82) is 5.41 Å². The number of carbonyl (C=O) groups excluding carboxylic acids is 1. The summed E-state index contributed by atoms with van der Waals surface area (Å²) in [7, 11) is 1.36. The quantitative estimate of drug-likeness (QED) is 0.294. The zero-order valence-corrected chi connectivity index (χ0v) is 14.9. The molecule has 3 N–H and O–H groups in total. The van der Waals surface area contributed by atoms with Gasteiger partial charge in [-0.25, -0.2) is 4.79 Å². The number of hydrogen-bond donors (Lipinski definition) is 2. The fourth-order valence-corrected chi connectivity index (χ4v) is 2.30. The zero-order valence-electron chi connectivity index (χ0n) is 14.9. The smallest absolute Gasteiger partial charge is 0.337 e. The Morgan fingerprint density at radius 3 is 1.73 bits per heavy atom. The van der Waals surface area contributed by atoms with E-state index in [1.165, 1.54) is 7.11 Å². The lowest BCUT2D eigenvalue weighted by molar-refractivity contribution is 0.0600. The molecule has 0 fully saturated rings. The number of nitrogens with one attached hydrogen (secondary N) is 1. The van der Waals surface area contributed by atoms with E-state index in [-0.39, 0.29) is 11.8 Å². The first-order chi connectivity index (χ1) is 12.6. The number of nitrogen functional groups attached to an aromatic ring is 1. The minimum Gasteiger partial charge on any atom is -0.494 e. The molecule has 0 saturated carbocycles. The molecule has 0 aliphatic heterocycles. The summed E-state index contributed by atoms with van der Waals surface area (Å²) in [5.41, 5.74) is 6.61. The molecule has 0 unspecified atom stereocenters. The van der Waals surface area contributed by atoms with Crippen LogP contribution in [-0.2, 0) is 4.74 Å². The van der Waals surface area contributed by atoms with Crippen molar-refractivity contribution in [2.75, 3.05) is 20.3 Å². The summed E-state index contributed by atoms with van der Waals surface area (Å²) in [5.74, 6) is 1.21. The summed E-state index contributed by atoms with van der Waals surface area (Å²) in [6, 6.07) is 14.1. The average molecular weight is 356 g/mol. The number of benzene rings is 2. The van der Waals surface area contributed by atoms with Gasteiger partial charge in [-0.05, 0) is 67.8 Å². The second-order valence-corrected chi connectivity index (χ2v) is 5.71. The molecule has 0 aliphatic rings. The standard InChI is InChI=1S/C20H24N2O4/c1-24-20(23)16-7-11-18(12-8-16)26-14-4-2-3-13-25-17-9-5-15(6-10-17)19(21)22/h5-12H,2-4,13-14H2,1H3,(H3,21,22). The van der Waals surface area contributed by atoms with Gasteiger partial charge in [0.1, 0.15) is 17.3 Å². The SMILES string of the molecule is COC(=O)c1ccc(OCCCCCOc2ccc(C(=N)N)cc2)cc1. The van der Waals surface area contributed by atoms with Gasteiger partial charge in [0.05, 0.1) is 25.9 Å². The van der Waals surface area contributed by atoms with E-state index in [2.05, 4.69) is 4.74 Å². The van der Waals surface area contributed by atoms with Gasteiger partial charge in [0.2, 0.25) is 0 Å². The van der Waals surface area contributed by atoms with Crippen LogP contribution in [0.2, 0.25) is 0 Å². The summed E-state index contributed by atoms with van der Waals surface area (Å²) >= 11 is 0. The maximum absolute atomic E-state index is 11.3. The molecule has 0 amide bonds. The lowest BCUT2D eigenvalue weighted by Crippen LogP contribution is -2.10. The minimum atomic E-state index is -0.354. The van der Waals surface area contributed by atoms with Gasteiger partial charge in [0.15, 0.2) is 0 Å². The summed E-state index contributed by atoms with van der Waals surface area (Å²) in [4.78, 5) is 11.3. The Morgan fingerprint density at radius 2 is 1.31 bits per heavy atom. The van der Waals surface area contributed by atoms with Gasteiger partial charge in [0, 0.05) is 5.56 Å². The molecule has 26 heavy (non-hydrogen) atoms. The Balaban J connectivity index is 1.58. The lowest BCUT2D eigenvalue weighted by Gasteiger charge is -2.08. The molecule has 0 bridgehead atoms. The molecule has 138 valence electrons. The van der Waals surface area contributed by atoms with Crippen LogP contribution in [0.15, 0.2) is 48.5 Å². The summed E-state index contributed by atoms with van der Waals surface area (Å²) < 4.78 is 16.0. The molecule has 6 nitrogen and oxygen atoms in total. The highest BCUT2D eigenvalue weighted by molar-refractivity contribution is 5.94. The Labute approximate surface area is 153 Å². The fourth-order valence-electron chi connectivity index (χ4n) is 2.30. The monoisotopic (exact) mass is 356 g/mol. The van der Waals surface area contributed by atoms with Crippen molar-refractivity contribution in [1.82, 2.24) is 0 Å². The number of ether oxygens (including phenoxy) is 3. The highest BCUT2D eigenvalue weighted by Crippen LogP contribution is 2.14. The van der Waals surface area contributed by atoms with Gasteiger partial charge >= 0.3 is 5.97 Å². The summed E-state index contributed by atoms with van der Waals surface area (Å²) in [6.45, 7) is 1.25. The van der Waals surface area contributed by atoms with Crippen molar-refractivity contribution in [2.45, 2.75) is 19.3 Å². The molecule has 0 aromatic heterocycles. The van der Waals surface area contributed by atoms with E-state index in [1.54, 1.807) is 36.4 Å². The first-order valence-electron chi connectivity index (χ1n) is 8.48. The van der Waals surface area contributed by atoms with Gasteiger partial charge in [-0.3, -0.25) is 5.41 Å². The van der Waals surface area contributed by atoms with Crippen molar-refractivity contribution in [2.24, 2.45) is 5.73 Å². The molecule has 0 spiro atoms. The number of amidine groups is 1. The molecular formula is C20H24N2O4. The Kier molecular flexibility index (Phi) is 7.49. The number of carbonyl (C=O) groups is 1. The Bertz CT molecular complexity index is 712. The van der Waals surface area contributed by atoms with E-state index in [0.29, 0.717) is 24.3 Å². The molecule has 0 saturated heterocycles. The number of methoxy groups -OCH3 is 1. The van der Waals surface area contributed by atoms with Crippen LogP contribution in [0.5, 0.6) is 11.5 Å². The second kappa shape index (κ2) is 10.1. The van der Waals surface area contributed by atoms with Crippen LogP contribution in [0.25, 0.3) is 0 Å². The summed E-state index contributed by atoms with van der Waals surface area (Å²) in [6.07, 6.45) is 2.84. The van der Waals surface area contributed by atoms with Crippen LogP contribution >= 0.6 is 0 Å². The largest absolute Gasteiger partial charge is 0.494 e. The van der Waals surface area contributed by atoms with Crippen LogP contribution in [0.4, 0.5) is 0 Å². The molecule has 2 aromatic carbocycles. The van der Waals surface area contributed by atoms with Crippen molar-refractivity contribution < 1.29 is 19.0 Å². The van der Waals surface area contributed by atoms with Crippen molar-refractivity contribution >= 4 is 11.8 Å². The molecule has 0 atom stereocenters. The maximum atomic E-state index is 11.3. The van der Waals surface area contributed by atoms with E-state index in [9.17, 15) is 4.79 Å². The van der Waals surface area contributed by atoms with Gasteiger partial charge < -0.3 is 19.9 Å². The molecule has 0 radical (unpaired) electrons. The third kappa shape index (κ3) is 6.12. The van der Waals surface area contributed by atoms with E-state index < -0.39 is 0 Å². The predicted molar refractivity (Wildman–Crippen MR) is 100 cm³/mol. The van der Waals surface area contributed by atoms with Gasteiger partial charge in [0.25, 0.3) is 0 Å². The molecule has 2 rings (SSSR count). The zero-order chi connectivity index (χ0) is 18.8. The van der Waals surface area contributed by atoms with Gasteiger partial charge in [-0.15, -0.1) is 0 Å². The maximum Gasteiger partial charge on any atom is 0.337 e. The molecule has 0 heterocycles. The van der Waals surface area contributed by atoms with Crippen LogP contribution in [0.1, 0.15) is 35.2 Å². The number of rotatable bonds is 10. The molecule has 6 heteroatoms. The minimum absolute atomic E-state index is 0.0523. The highest BCUT2D eigenvalue weighted by Gasteiger charge is 2.04. The van der Waals surface area contributed by atoms with E-state index in [0.717, 1.165) is 30.8 Å². The third-order valence-corrected chi connectivity index (χ3v) is 3.77. The van der Waals surface area contributed by atoms with Gasteiger partial charge in [-0.1, -0.05) is 0 Å². The number of hydrogen-bond acceptors (Lipinski definition) is 5. The molecular weight excluding hydrogens is 332 g/mol. The van der Waals surface area contributed by atoms with E-state index in [4.69, 9.17) is 20.6 Å². The van der Waals surface area contributed by atoms with E-state index in [1.807, 2.05) is 12.1 Å². The Morgan fingerprint density at radius 1 is 0.846 bits per heavy atom. The average Bonchev–Trinajstić information content (AvgIpc) is 2.67. The van der Waals surface area contributed by atoms with Crippen molar-refractivity contribution in [3.63, 3.8) is 0 Å². The van der Waals surface area contributed by atoms with Crippen molar-refractivity contribution in [3.8, 4) is 11.5 Å². The van der Waals surface area contributed by atoms with Crippen LogP contribution < -0.4 is 15.2 Å². The van der Waals surface area contributed by atoms with Crippen LogP contribution in [-0.4, -0.2) is 32.1 Å². The van der Waals surface area contributed by atoms with Crippen LogP contribution in [0, 0.1) is 5.41 Å². The van der Waals surface area contributed by atoms with Crippen LogP contribution in [0.3, 0.4) is 0 Å². The number of esters is 1. The highest BCUT2D eigenvalue weighted by atomic mass is 16.5. The normalized spacial score (nSPS) is 10.2. The lowest BCUT2D eigenvalue weighted by atomic mass is 10.2.